The van der Waals surface area contributed by atoms with E-state index in [-0.39, 0.29) is 12.0 Å². The Morgan fingerprint density at radius 2 is 2.11 bits per heavy atom. The lowest BCUT2D eigenvalue weighted by atomic mass is 10.2. The van der Waals surface area contributed by atoms with E-state index < -0.39 is 0 Å². The van der Waals surface area contributed by atoms with Crippen LogP contribution >= 0.6 is 15.9 Å². The highest BCUT2D eigenvalue weighted by Crippen LogP contribution is 2.29. The summed E-state index contributed by atoms with van der Waals surface area (Å²) in [5.41, 5.74) is 7.14. The number of amides is 2. The molecular formula is C12H17BrN4O. The molecule has 3 N–H and O–H groups in total. The predicted octanol–water partition coefficient (Wildman–Crippen LogP) is 2.53. The largest absolute Gasteiger partial charge is 0.370 e. The van der Waals surface area contributed by atoms with E-state index in [1.54, 1.807) is 14.0 Å². The van der Waals surface area contributed by atoms with Crippen LogP contribution in [0.5, 0.6) is 0 Å². The number of nitrogens with one attached hydrogen (secondary N) is 1. The first kappa shape index (κ1) is 14.5. The van der Waals surface area contributed by atoms with Crippen molar-refractivity contribution in [3.63, 3.8) is 0 Å². The molecule has 0 bridgehead atoms. The molecule has 0 spiro atoms. The molecule has 0 aromatic heterocycles. The number of nitrogens with zero attached hydrogens (tertiary/aromatic N) is 2. The monoisotopic (exact) mass is 312 g/mol. The number of nitrogens with two attached hydrogens (primary N) is 1. The number of hydrogen-bond donors (Lipinski definition) is 2. The third-order valence-electron chi connectivity index (χ3n) is 2.65. The number of aryl methyl sites for hydroxylation is 1. The standard InChI is InChI=1S/C12H17BrN4O/c1-4-17(11(14)15)12(18)16(3)10-8(2)6-5-7-9(10)13/h5-7H,4H2,1-3H3,(H3,14,15). The van der Waals surface area contributed by atoms with Crippen LogP contribution in [0.25, 0.3) is 0 Å². The minimum atomic E-state index is -0.319. The van der Waals surface area contributed by atoms with Gasteiger partial charge in [0.1, 0.15) is 0 Å². The first-order valence-electron chi connectivity index (χ1n) is 5.54. The summed E-state index contributed by atoms with van der Waals surface area (Å²) in [6.07, 6.45) is 0. The Bertz CT molecular complexity index is 455. The number of carbonyl (C=O) groups excluding carboxylic acids is 1. The molecule has 2 amide bonds. The van der Waals surface area contributed by atoms with Crippen molar-refractivity contribution in [1.82, 2.24) is 4.90 Å². The molecule has 5 nitrogen and oxygen atoms in total. The van der Waals surface area contributed by atoms with E-state index in [0.29, 0.717) is 6.54 Å². The summed E-state index contributed by atoms with van der Waals surface area (Å²) in [6.45, 7) is 4.07. The maximum atomic E-state index is 12.2. The zero-order valence-electron chi connectivity index (χ0n) is 10.7. The molecule has 0 heterocycles. The van der Waals surface area contributed by atoms with Gasteiger partial charge in [-0.15, -0.1) is 0 Å². The number of guanidine groups is 1. The highest BCUT2D eigenvalue weighted by molar-refractivity contribution is 9.10. The Kier molecular flexibility index (Phi) is 4.72. The normalized spacial score (nSPS) is 10.0. The average molecular weight is 313 g/mol. The van der Waals surface area contributed by atoms with E-state index in [1.807, 2.05) is 25.1 Å². The Hall–Kier alpha value is -1.56. The van der Waals surface area contributed by atoms with Gasteiger partial charge in [0, 0.05) is 18.1 Å². The maximum absolute atomic E-state index is 12.2. The fourth-order valence-electron chi connectivity index (χ4n) is 1.73. The molecule has 0 saturated carbocycles. The van der Waals surface area contributed by atoms with E-state index in [0.717, 1.165) is 15.7 Å². The smallest absolute Gasteiger partial charge is 0.331 e. The summed E-state index contributed by atoms with van der Waals surface area (Å²) in [4.78, 5) is 14.9. The molecule has 1 aromatic rings. The van der Waals surface area contributed by atoms with E-state index in [4.69, 9.17) is 11.1 Å². The molecule has 18 heavy (non-hydrogen) atoms. The lowest BCUT2D eigenvalue weighted by Gasteiger charge is -2.27. The van der Waals surface area contributed by atoms with Crippen LogP contribution in [0.15, 0.2) is 22.7 Å². The zero-order chi connectivity index (χ0) is 13.9. The molecule has 0 unspecified atom stereocenters. The second kappa shape index (κ2) is 5.86. The second-order valence-electron chi connectivity index (χ2n) is 3.88. The number of hydrogen-bond acceptors (Lipinski definition) is 2. The number of rotatable bonds is 2. The van der Waals surface area contributed by atoms with Crippen molar-refractivity contribution < 1.29 is 4.79 Å². The number of urea groups is 1. The number of halogens is 1. The van der Waals surface area contributed by atoms with Gasteiger partial charge in [-0.1, -0.05) is 12.1 Å². The lowest BCUT2D eigenvalue weighted by Crippen LogP contribution is -2.47. The van der Waals surface area contributed by atoms with E-state index in [1.165, 1.54) is 9.80 Å². The third-order valence-corrected chi connectivity index (χ3v) is 3.29. The zero-order valence-corrected chi connectivity index (χ0v) is 12.3. The minimum absolute atomic E-state index is 0.251. The Morgan fingerprint density at radius 1 is 1.50 bits per heavy atom. The molecule has 0 fully saturated rings. The van der Waals surface area contributed by atoms with Gasteiger partial charge in [-0.05, 0) is 41.4 Å². The van der Waals surface area contributed by atoms with E-state index in [2.05, 4.69) is 15.9 Å². The topological polar surface area (TPSA) is 73.4 Å². The van der Waals surface area contributed by atoms with Crippen LogP contribution < -0.4 is 10.6 Å². The van der Waals surface area contributed by atoms with Crippen LogP contribution in [-0.4, -0.2) is 30.5 Å². The molecule has 0 radical (unpaired) electrons. The van der Waals surface area contributed by atoms with Gasteiger partial charge in [-0.2, -0.15) is 0 Å². The van der Waals surface area contributed by atoms with Gasteiger partial charge >= 0.3 is 6.03 Å². The summed E-state index contributed by atoms with van der Waals surface area (Å²) in [5, 5.41) is 7.39. The van der Waals surface area contributed by atoms with E-state index >= 15 is 0 Å². The van der Waals surface area contributed by atoms with Gasteiger partial charge in [-0.3, -0.25) is 15.2 Å². The van der Waals surface area contributed by atoms with Crippen molar-refractivity contribution in [2.45, 2.75) is 13.8 Å². The van der Waals surface area contributed by atoms with Crippen LogP contribution in [0.3, 0.4) is 0 Å². The molecule has 0 aliphatic rings. The van der Waals surface area contributed by atoms with Crippen LogP contribution in [0, 0.1) is 12.3 Å². The van der Waals surface area contributed by atoms with Crippen LogP contribution in [0.2, 0.25) is 0 Å². The molecule has 0 aliphatic heterocycles. The summed E-state index contributed by atoms with van der Waals surface area (Å²) in [5.74, 6) is -0.251. The Labute approximate surface area is 115 Å². The third kappa shape index (κ3) is 2.81. The highest BCUT2D eigenvalue weighted by atomic mass is 79.9. The van der Waals surface area contributed by atoms with Gasteiger partial charge in [-0.25, -0.2) is 4.79 Å². The van der Waals surface area contributed by atoms with Gasteiger partial charge in [0.05, 0.1) is 5.69 Å². The SMILES string of the molecule is CCN(C(=N)N)C(=O)N(C)c1c(C)cccc1Br. The molecule has 98 valence electrons. The van der Waals surface area contributed by atoms with Crippen molar-refractivity contribution in [1.29, 1.82) is 5.41 Å². The van der Waals surface area contributed by atoms with Crippen molar-refractivity contribution in [2.75, 3.05) is 18.5 Å². The van der Waals surface area contributed by atoms with Crippen molar-refractivity contribution in [3.8, 4) is 0 Å². The number of para-hydroxylation sites is 1. The van der Waals surface area contributed by atoms with Gasteiger partial charge in [0.25, 0.3) is 0 Å². The molecule has 0 atom stereocenters. The Balaban J connectivity index is 3.10. The minimum Gasteiger partial charge on any atom is -0.370 e. The first-order chi connectivity index (χ1) is 8.40. The van der Waals surface area contributed by atoms with Gasteiger partial charge in [0.2, 0.25) is 0 Å². The molecular weight excluding hydrogens is 296 g/mol. The molecule has 0 aliphatic carbocycles. The second-order valence-corrected chi connectivity index (χ2v) is 4.73. The summed E-state index contributed by atoms with van der Waals surface area (Å²) in [6, 6.07) is 5.38. The van der Waals surface area contributed by atoms with Crippen molar-refractivity contribution >= 4 is 33.6 Å². The van der Waals surface area contributed by atoms with Crippen LogP contribution in [-0.2, 0) is 0 Å². The summed E-state index contributed by atoms with van der Waals surface area (Å²) >= 11 is 3.43. The maximum Gasteiger partial charge on any atom is 0.331 e. The van der Waals surface area contributed by atoms with Crippen molar-refractivity contribution in [3.05, 3.63) is 28.2 Å². The van der Waals surface area contributed by atoms with Crippen LogP contribution in [0.4, 0.5) is 10.5 Å². The average Bonchev–Trinajstić information content (AvgIpc) is 2.28. The number of anilines is 1. The van der Waals surface area contributed by atoms with Gasteiger partial charge in [0.15, 0.2) is 5.96 Å². The predicted molar refractivity (Wildman–Crippen MR) is 77.0 cm³/mol. The quantitative estimate of drug-likeness (QED) is 0.650. The summed E-state index contributed by atoms with van der Waals surface area (Å²) < 4.78 is 0.831. The summed E-state index contributed by atoms with van der Waals surface area (Å²) in [7, 11) is 1.67. The van der Waals surface area contributed by atoms with Crippen LogP contribution in [0.1, 0.15) is 12.5 Å². The van der Waals surface area contributed by atoms with E-state index in [9.17, 15) is 4.79 Å². The van der Waals surface area contributed by atoms with Gasteiger partial charge < -0.3 is 5.73 Å². The molecule has 1 rings (SSSR count). The Morgan fingerprint density at radius 3 is 2.56 bits per heavy atom. The molecule has 0 saturated heterocycles. The molecule has 6 heteroatoms. The lowest BCUT2D eigenvalue weighted by molar-refractivity contribution is 0.229. The number of carbonyl (C=O) groups is 1. The fourth-order valence-corrected chi connectivity index (χ4v) is 2.46. The molecule has 1 aromatic carbocycles. The number of benzene rings is 1. The highest BCUT2D eigenvalue weighted by Gasteiger charge is 2.22. The van der Waals surface area contributed by atoms with Crippen molar-refractivity contribution in [2.24, 2.45) is 5.73 Å². The fraction of sp³-hybridized carbons (Fsp3) is 0.333. The first-order valence-corrected chi connectivity index (χ1v) is 6.33.